The molecule has 0 bridgehead atoms. The number of aromatic nitrogens is 1. The van der Waals surface area contributed by atoms with Crippen LogP contribution in [0.4, 0.5) is 0 Å². The lowest BCUT2D eigenvalue weighted by atomic mass is 9.94. The summed E-state index contributed by atoms with van der Waals surface area (Å²) in [4.78, 5) is 32.5. The Labute approximate surface area is 222 Å². The van der Waals surface area contributed by atoms with E-state index in [0.29, 0.717) is 55.4 Å². The summed E-state index contributed by atoms with van der Waals surface area (Å²) in [7, 11) is 0. The highest BCUT2D eigenvalue weighted by Crippen LogP contribution is 2.38. The van der Waals surface area contributed by atoms with E-state index in [0.717, 1.165) is 6.42 Å². The van der Waals surface area contributed by atoms with Crippen LogP contribution in [0.1, 0.15) is 43.9 Å². The minimum absolute atomic E-state index is 0.108. The van der Waals surface area contributed by atoms with Gasteiger partial charge < -0.3 is 18.9 Å². The van der Waals surface area contributed by atoms with Crippen molar-refractivity contribution in [3.05, 3.63) is 84.5 Å². The van der Waals surface area contributed by atoms with E-state index in [2.05, 4.69) is 0 Å². The summed E-state index contributed by atoms with van der Waals surface area (Å²) in [5.74, 6) is 1.13. The molecule has 10 heteroatoms. The molecule has 0 aliphatic carbocycles. The van der Waals surface area contributed by atoms with Crippen molar-refractivity contribution < 1.29 is 23.7 Å². The summed E-state index contributed by atoms with van der Waals surface area (Å²) < 4.78 is 24.0. The largest absolute Gasteiger partial charge is 0.478 e. The summed E-state index contributed by atoms with van der Waals surface area (Å²) in [5, 5.41) is 8.93. The van der Waals surface area contributed by atoms with Crippen molar-refractivity contribution >= 4 is 23.4 Å². The maximum Gasteiger partial charge on any atom is 0.338 e. The second-order valence-electron chi connectivity index (χ2n) is 8.51. The van der Waals surface area contributed by atoms with E-state index >= 15 is 0 Å². The Balaban J connectivity index is 1.73. The van der Waals surface area contributed by atoms with E-state index in [4.69, 9.17) is 29.2 Å². The van der Waals surface area contributed by atoms with Gasteiger partial charge in [-0.3, -0.25) is 9.36 Å². The van der Waals surface area contributed by atoms with Gasteiger partial charge in [0.15, 0.2) is 22.9 Å². The van der Waals surface area contributed by atoms with Crippen LogP contribution in [0.2, 0.25) is 0 Å². The Morgan fingerprint density at radius 1 is 1.24 bits per heavy atom. The number of para-hydroxylation sites is 1. The van der Waals surface area contributed by atoms with Gasteiger partial charge in [0.1, 0.15) is 11.8 Å². The summed E-state index contributed by atoms with van der Waals surface area (Å²) in [6.07, 6.45) is 3.03. The highest BCUT2D eigenvalue weighted by Gasteiger charge is 2.35. The third kappa shape index (κ3) is 4.68. The SMILES string of the molecule is CCCC1=C(C(=O)OCC)[C@H](c2ccc3c(c2)OCO3)n2c(s/c(=C\c3ccccc3OCC#N)c2=O)=N1. The minimum Gasteiger partial charge on any atom is -0.478 e. The predicted octanol–water partition coefficient (Wildman–Crippen LogP) is 3.21. The lowest BCUT2D eigenvalue weighted by Gasteiger charge is -2.25. The van der Waals surface area contributed by atoms with Crippen molar-refractivity contribution in [1.29, 1.82) is 5.26 Å². The number of ether oxygens (including phenoxy) is 4. The number of hydrogen-bond donors (Lipinski definition) is 0. The van der Waals surface area contributed by atoms with Gasteiger partial charge in [0.05, 0.1) is 28.5 Å². The second kappa shape index (κ2) is 10.9. The van der Waals surface area contributed by atoms with E-state index in [-0.39, 0.29) is 25.6 Å². The molecule has 0 saturated heterocycles. The van der Waals surface area contributed by atoms with E-state index in [1.807, 2.05) is 31.2 Å². The number of nitriles is 1. The van der Waals surface area contributed by atoms with E-state index in [1.165, 1.54) is 15.9 Å². The first-order chi connectivity index (χ1) is 18.5. The monoisotopic (exact) mass is 531 g/mol. The zero-order valence-corrected chi connectivity index (χ0v) is 21.7. The minimum atomic E-state index is -0.756. The van der Waals surface area contributed by atoms with Crippen molar-refractivity contribution in [2.75, 3.05) is 20.0 Å². The standard InChI is InChI=1S/C28H25N3O6S/c1-3-7-19-24(27(33)34-4-2)25(18-10-11-21-22(14-18)37-16-36-21)31-26(32)23(38-28(31)30-19)15-17-8-5-6-9-20(17)35-13-12-29/h5-6,8-11,14-15,25H,3-4,7,13,16H2,1-2H3/b23-15-/t25-/m0/s1. The quantitative estimate of drug-likeness (QED) is 0.410. The summed E-state index contributed by atoms with van der Waals surface area (Å²) in [6, 6.07) is 13.8. The van der Waals surface area contributed by atoms with Crippen LogP contribution in [0.25, 0.3) is 6.08 Å². The number of nitrogens with zero attached hydrogens (tertiary/aromatic N) is 3. The van der Waals surface area contributed by atoms with Gasteiger partial charge in [0.25, 0.3) is 5.56 Å². The van der Waals surface area contributed by atoms with Crippen molar-refractivity contribution in [3.8, 4) is 23.3 Å². The first-order valence-electron chi connectivity index (χ1n) is 12.3. The number of allylic oxidation sites excluding steroid dienone is 1. The molecule has 1 atom stereocenters. The maximum atomic E-state index is 13.9. The Hall–Kier alpha value is -4.36. The maximum absolute atomic E-state index is 13.9. The molecule has 2 aliphatic rings. The van der Waals surface area contributed by atoms with Gasteiger partial charge in [-0.05, 0) is 43.2 Å². The van der Waals surface area contributed by atoms with E-state index in [9.17, 15) is 9.59 Å². The molecule has 0 fully saturated rings. The molecule has 0 unspecified atom stereocenters. The molecule has 0 N–H and O–H groups in total. The number of thiazole rings is 1. The van der Waals surface area contributed by atoms with Crippen LogP contribution < -0.4 is 29.1 Å². The third-order valence-corrected chi connectivity index (χ3v) is 7.09. The van der Waals surface area contributed by atoms with Gasteiger partial charge in [0.2, 0.25) is 6.79 Å². The topological polar surface area (TPSA) is 112 Å². The molecule has 38 heavy (non-hydrogen) atoms. The Morgan fingerprint density at radius 2 is 2.05 bits per heavy atom. The first kappa shape index (κ1) is 25.3. The van der Waals surface area contributed by atoms with Crippen LogP contribution in [0, 0.1) is 11.3 Å². The molecule has 9 nitrogen and oxygen atoms in total. The van der Waals surface area contributed by atoms with Crippen molar-refractivity contribution in [1.82, 2.24) is 4.57 Å². The van der Waals surface area contributed by atoms with Crippen LogP contribution >= 0.6 is 11.3 Å². The molecular formula is C28H25N3O6S. The zero-order valence-electron chi connectivity index (χ0n) is 20.9. The number of benzene rings is 2. The lowest BCUT2D eigenvalue weighted by molar-refractivity contribution is -0.139. The fourth-order valence-corrected chi connectivity index (χ4v) is 5.51. The number of rotatable bonds is 8. The van der Waals surface area contributed by atoms with Gasteiger partial charge in [-0.25, -0.2) is 9.79 Å². The Morgan fingerprint density at radius 3 is 2.84 bits per heavy atom. The van der Waals surface area contributed by atoms with Crippen molar-refractivity contribution in [2.24, 2.45) is 4.99 Å². The summed E-state index contributed by atoms with van der Waals surface area (Å²) in [5.41, 5.74) is 1.98. The van der Waals surface area contributed by atoms with Crippen LogP contribution in [-0.2, 0) is 9.53 Å². The highest BCUT2D eigenvalue weighted by molar-refractivity contribution is 7.07. The fraction of sp³-hybridized carbons (Fsp3) is 0.286. The molecule has 0 amide bonds. The molecule has 3 heterocycles. The number of hydrogen-bond acceptors (Lipinski definition) is 9. The molecule has 3 aromatic rings. The molecule has 0 radical (unpaired) electrons. The number of carbonyl (C=O) groups excluding carboxylic acids is 1. The van der Waals surface area contributed by atoms with Gasteiger partial charge >= 0.3 is 5.97 Å². The van der Waals surface area contributed by atoms with Crippen LogP contribution in [0.5, 0.6) is 17.2 Å². The Bertz CT molecular complexity index is 1650. The zero-order chi connectivity index (χ0) is 26.6. The molecular weight excluding hydrogens is 506 g/mol. The van der Waals surface area contributed by atoms with Crippen molar-refractivity contribution in [2.45, 2.75) is 32.7 Å². The molecule has 2 aliphatic heterocycles. The number of carbonyl (C=O) groups is 1. The van der Waals surface area contributed by atoms with Gasteiger partial charge in [-0.2, -0.15) is 5.26 Å². The average molecular weight is 532 g/mol. The smallest absolute Gasteiger partial charge is 0.338 e. The molecule has 0 saturated carbocycles. The molecule has 5 rings (SSSR count). The summed E-state index contributed by atoms with van der Waals surface area (Å²) in [6.45, 7) is 3.94. The van der Waals surface area contributed by atoms with E-state index < -0.39 is 12.0 Å². The van der Waals surface area contributed by atoms with Crippen LogP contribution in [0.3, 0.4) is 0 Å². The predicted molar refractivity (Wildman–Crippen MR) is 140 cm³/mol. The number of fused-ring (bicyclic) bond motifs is 2. The second-order valence-corrected chi connectivity index (χ2v) is 9.52. The fourth-order valence-electron chi connectivity index (χ4n) is 4.50. The van der Waals surface area contributed by atoms with Gasteiger partial charge in [-0.15, -0.1) is 0 Å². The number of esters is 1. The summed E-state index contributed by atoms with van der Waals surface area (Å²) >= 11 is 1.24. The highest BCUT2D eigenvalue weighted by atomic mass is 32.1. The van der Waals surface area contributed by atoms with Gasteiger partial charge in [-0.1, -0.05) is 48.9 Å². The van der Waals surface area contributed by atoms with Crippen molar-refractivity contribution in [3.63, 3.8) is 0 Å². The Kier molecular flexibility index (Phi) is 7.29. The molecule has 1 aromatic heterocycles. The van der Waals surface area contributed by atoms with Gasteiger partial charge in [0, 0.05) is 5.56 Å². The van der Waals surface area contributed by atoms with Crippen LogP contribution in [0.15, 0.2) is 63.5 Å². The average Bonchev–Trinajstić information content (AvgIpc) is 3.51. The third-order valence-electron chi connectivity index (χ3n) is 6.10. The van der Waals surface area contributed by atoms with Crippen LogP contribution in [-0.4, -0.2) is 30.5 Å². The first-order valence-corrected chi connectivity index (χ1v) is 13.1. The normalized spacial score (nSPS) is 16.0. The molecule has 194 valence electrons. The molecule has 0 spiro atoms. The molecule has 2 aromatic carbocycles. The van der Waals surface area contributed by atoms with E-state index in [1.54, 1.807) is 37.3 Å². The lowest BCUT2D eigenvalue weighted by Crippen LogP contribution is -2.40.